The zero-order valence-corrected chi connectivity index (χ0v) is 13.0. The normalized spacial score (nSPS) is 10.8. The number of carbonyl (C=O) groups is 1. The predicted molar refractivity (Wildman–Crippen MR) is 85.8 cm³/mol. The first-order valence-corrected chi connectivity index (χ1v) is 7.65. The van der Waals surface area contributed by atoms with Crippen LogP contribution in [0.4, 0.5) is 5.69 Å². The maximum absolute atomic E-state index is 12.0. The molecule has 0 radical (unpaired) electrons. The molecule has 0 aliphatic heterocycles. The van der Waals surface area contributed by atoms with Crippen molar-refractivity contribution in [3.05, 3.63) is 29.3 Å². The van der Waals surface area contributed by atoms with Crippen molar-refractivity contribution in [2.45, 2.75) is 52.9 Å². The maximum atomic E-state index is 12.0. The van der Waals surface area contributed by atoms with Crippen molar-refractivity contribution >= 4 is 11.6 Å². The number of hydrogen-bond donors (Lipinski definition) is 2. The minimum absolute atomic E-state index is 0.0617. The third-order valence-corrected chi connectivity index (χ3v) is 3.45. The fraction of sp³-hybridized carbons (Fsp3) is 0.588. The van der Waals surface area contributed by atoms with Crippen molar-refractivity contribution < 1.29 is 4.79 Å². The number of aryl methyl sites for hydroxylation is 1. The first-order chi connectivity index (χ1) is 9.50. The summed E-state index contributed by atoms with van der Waals surface area (Å²) in [4.78, 5) is 12.0. The minimum atomic E-state index is -0.0617. The molecule has 0 heterocycles. The van der Waals surface area contributed by atoms with Crippen LogP contribution in [0.5, 0.6) is 0 Å². The van der Waals surface area contributed by atoms with Gasteiger partial charge >= 0.3 is 0 Å². The van der Waals surface area contributed by atoms with Gasteiger partial charge in [0.05, 0.1) is 5.56 Å². The number of anilines is 1. The molecular formula is C17H28N2O. The van der Waals surface area contributed by atoms with Crippen molar-refractivity contribution in [3.8, 4) is 0 Å². The van der Waals surface area contributed by atoms with E-state index >= 15 is 0 Å². The lowest BCUT2D eigenvalue weighted by Gasteiger charge is -2.08. The van der Waals surface area contributed by atoms with E-state index in [1.54, 1.807) is 6.07 Å². The number of nitrogens with one attached hydrogen (secondary N) is 1. The van der Waals surface area contributed by atoms with Gasteiger partial charge in [0.25, 0.3) is 5.91 Å². The Balaban J connectivity index is 2.22. The van der Waals surface area contributed by atoms with Gasteiger partial charge in [-0.2, -0.15) is 0 Å². The van der Waals surface area contributed by atoms with Crippen LogP contribution in [0.1, 0.15) is 61.9 Å². The molecule has 0 fully saturated rings. The Kier molecular flexibility index (Phi) is 7.13. The molecule has 0 bridgehead atoms. The predicted octanol–water partition coefficient (Wildman–Crippen LogP) is 3.91. The van der Waals surface area contributed by atoms with Crippen molar-refractivity contribution in [2.75, 3.05) is 12.3 Å². The Morgan fingerprint density at radius 3 is 2.60 bits per heavy atom. The lowest BCUT2D eigenvalue weighted by atomic mass is 10.0. The molecule has 0 aliphatic rings. The molecule has 0 saturated carbocycles. The maximum Gasteiger partial charge on any atom is 0.253 e. The van der Waals surface area contributed by atoms with Gasteiger partial charge in [-0.25, -0.2) is 0 Å². The number of hydrogen-bond acceptors (Lipinski definition) is 2. The summed E-state index contributed by atoms with van der Waals surface area (Å²) < 4.78 is 0. The molecule has 1 aromatic rings. The van der Waals surface area contributed by atoms with E-state index in [-0.39, 0.29) is 5.91 Å². The molecule has 0 spiro atoms. The Hall–Kier alpha value is -1.51. The van der Waals surface area contributed by atoms with Gasteiger partial charge in [-0.15, -0.1) is 0 Å². The quantitative estimate of drug-likeness (QED) is 0.558. The van der Waals surface area contributed by atoms with E-state index in [4.69, 9.17) is 5.73 Å². The van der Waals surface area contributed by atoms with Crippen LogP contribution in [0.15, 0.2) is 18.2 Å². The molecule has 0 aromatic heterocycles. The number of carbonyl (C=O) groups excluding carboxylic acids is 1. The Bertz CT molecular complexity index is 427. The highest BCUT2D eigenvalue weighted by atomic mass is 16.1. The largest absolute Gasteiger partial charge is 0.398 e. The van der Waals surface area contributed by atoms with Crippen molar-refractivity contribution in [3.63, 3.8) is 0 Å². The van der Waals surface area contributed by atoms with Crippen LogP contribution in [0.25, 0.3) is 0 Å². The van der Waals surface area contributed by atoms with Crippen LogP contribution in [0, 0.1) is 12.8 Å². The third-order valence-electron chi connectivity index (χ3n) is 3.45. The summed E-state index contributed by atoms with van der Waals surface area (Å²) in [7, 11) is 0. The molecule has 1 aromatic carbocycles. The Morgan fingerprint density at radius 2 is 1.90 bits per heavy atom. The fourth-order valence-corrected chi connectivity index (χ4v) is 2.20. The van der Waals surface area contributed by atoms with Crippen molar-refractivity contribution in [1.29, 1.82) is 0 Å². The molecule has 0 saturated heterocycles. The Labute approximate surface area is 122 Å². The van der Waals surface area contributed by atoms with Gasteiger partial charge in [0.1, 0.15) is 0 Å². The van der Waals surface area contributed by atoms with Gasteiger partial charge in [0.15, 0.2) is 0 Å². The van der Waals surface area contributed by atoms with Crippen LogP contribution in [0.2, 0.25) is 0 Å². The van der Waals surface area contributed by atoms with E-state index in [2.05, 4.69) is 19.2 Å². The number of unbranched alkanes of at least 4 members (excludes halogenated alkanes) is 3. The van der Waals surface area contributed by atoms with Crippen molar-refractivity contribution in [2.24, 2.45) is 5.92 Å². The molecule has 20 heavy (non-hydrogen) atoms. The summed E-state index contributed by atoms with van der Waals surface area (Å²) in [6.45, 7) is 7.21. The molecular weight excluding hydrogens is 248 g/mol. The Morgan fingerprint density at radius 1 is 1.20 bits per heavy atom. The highest BCUT2D eigenvalue weighted by molar-refractivity contribution is 5.99. The summed E-state index contributed by atoms with van der Waals surface area (Å²) in [6.07, 6.45) is 6.05. The van der Waals surface area contributed by atoms with Gasteiger partial charge in [-0.3, -0.25) is 4.79 Å². The number of nitrogens with two attached hydrogens (primary N) is 1. The first kappa shape index (κ1) is 16.5. The molecule has 0 unspecified atom stereocenters. The van der Waals surface area contributed by atoms with E-state index in [9.17, 15) is 4.79 Å². The summed E-state index contributed by atoms with van der Waals surface area (Å²) in [5.41, 5.74) is 8.02. The van der Waals surface area contributed by atoms with E-state index in [1.165, 1.54) is 25.7 Å². The molecule has 3 nitrogen and oxygen atoms in total. The van der Waals surface area contributed by atoms with Crippen LogP contribution >= 0.6 is 0 Å². The van der Waals surface area contributed by atoms with Crippen LogP contribution in [0.3, 0.4) is 0 Å². The molecule has 0 atom stereocenters. The number of amides is 1. The summed E-state index contributed by atoms with van der Waals surface area (Å²) in [6, 6.07) is 5.55. The first-order valence-electron chi connectivity index (χ1n) is 7.65. The highest BCUT2D eigenvalue weighted by Gasteiger charge is 2.08. The van der Waals surface area contributed by atoms with Crippen LogP contribution in [-0.4, -0.2) is 12.5 Å². The van der Waals surface area contributed by atoms with Gasteiger partial charge in [-0.1, -0.05) is 51.2 Å². The standard InChI is InChI=1S/C17H28N2O/c1-13(2)8-6-4-5-7-11-19-17(20)15-12-14(3)9-10-16(15)18/h9-10,12-13H,4-8,11,18H2,1-3H3,(H,19,20). The lowest BCUT2D eigenvalue weighted by molar-refractivity contribution is 0.0953. The van der Waals surface area contributed by atoms with Gasteiger partial charge in [0, 0.05) is 12.2 Å². The second-order valence-electron chi connectivity index (χ2n) is 5.94. The monoisotopic (exact) mass is 276 g/mol. The summed E-state index contributed by atoms with van der Waals surface area (Å²) in [5, 5.41) is 2.95. The summed E-state index contributed by atoms with van der Waals surface area (Å²) in [5.74, 6) is 0.729. The molecule has 0 aliphatic carbocycles. The number of nitrogen functional groups attached to an aromatic ring is 1. The second-order valence-corrected chi connectivity index (χ2v) is 5.94. The second kappa shape index (κ2) is 8.62. The van der Waals surface area contributed by atoms with Gasteiger partial charge < -0.3 is 11.1 Å². The van der Waals surface area contributed by atoms with Gasteiger partial charge in [-0.05, 0) is 31.4 Å². The number of rotatable bonds is 8. The van der Waals surface area contributed by atoms with E-state index < -0.39 is 0 Å². The average molecular weight is 276 g/mol. The zero-order chi connectivity index (χ0) is 15.0. The van der Waals surface area contributed by atoms with E-state index in [1.807, 2.05) is 19.1 Å². The topological polar surface area (TPSA) is 55.1 Å². The molecule has 1 amide bonds. The fourth-order valence-electron chi connectivity index (χ4n) is 2.20. The minimum Gasteiger partial charge on any atom is -0.398 e. The number of benzene rings is 1. The van der Waals surface area contributed by atoms with E-state index in [0.29, 0.717) is 11.3 Å². The molecule has 3 heteroatoms. The summed E-state index contributed by atoms with van der Waals surface area (Å²) >= 11 is 0. The highest BCUT2D eigenvalue weighted by Crippen LogP contribution is 2.13. The smallest absolute Gasteiger partial charge is 0.253 e. The third kappa shape index (κ3) is 6.09. The average Bonchev–Trinajstić information content (AvgIpc) is 2.39. The molecule has 3 N–H and O–H groups in total. The van der Waals surface area contributed by atoms with Crippen molar-refractivity contribution in [1.82, 2.24) is 5.32 Å². The SMILES string of the molecule is Cc1ccc(N)c(C(=O)NCCCCCCC(C)C)c1. The van der Waals surface area contributed by atoms with Crippen LogP contribution in [-0.2, 0) is 0 Å². The zero-order valence-electron chi connectivity index (χ0n) is 13.0. The van der Waals surface area contributed by atoms with Crippen LogP contribution < -0.4 is 11.1 Å². The molecule has 1 rings (SSSR count). The lowest BCUT2D eigenvalue weighted by Crippen LogP contribution is -2.25. The van der Waals surface area contributed by atoms with E-state index in [0.717, 1.165) is 24.4 Å². The van der Waals surface area contributed by atoms with Gasteiger partial charge in [0.2, 0.25) is 0 Å². The molecule has 112 valence electrons.